The number of hydrogen-bond donors (Lipinski definition) is 1. The lowest BCUT2D eigenvalue weighted by Gasteiger charge is -2.27. The van der Waals surface area contributed by atoms with Gasteiger partial charge in [-0.1, -0.05) is 26.0 Å². The summed E-state index contributed by atoms with van der Waals surface area (Å²) < 4.78 is 11.0. The molecule has 1 saturated heterocycles. The summed E-state index contributed by atoms with van der Waals surface area (Å²) in [6.07, 6.45) is 3.07. The van der Waals surface area contributed by atoms with Crippen molar-refractivity contribution in [1.82, 2.24) is 0 Å². The van der Waals surface area contributed by atoms with E-state index in [1.165, 1.54) is 0 Å². The highest BCUT2D eigenvalue weighted by Gasteiger charge is 2.44. The van der Waals surface area contributed by atoms with Crippen LogP contribution >= 0.6 is 0 Å². The zero-order chi connectivity index (χ0) is 18.0. The van der Waals surface area contributed by atoms with Crippen LogP contribution in [0.1, 0.15) is 40.5 Å². The molecule has 24 heavy (non-hydrogen) atoms. The van der Waals surface area contributed by atoms with E-state index in [-0.39, 0.29) is 11.9 Å². The number of fused-ring (bicyclic) bond motifs is 1. The molecule has 0 saturated carbocycles. The molecular formula is C19H26O5. The van der Waals surface area contributed by atoms with Crippen molar-refractivity contribution in [3.8, 4) is 0 Å². The molecule has 4 unspecified atom stereocenters. The monoisotopic (exact) mass is 334 g/mol. The Labute approximate surface area is 143 Å². The van der Waals surface area contributed by atoms with E-state index >= 15 is 0 Å². The molecular weight excluding hydrogens is 308 g/mol. The molecule has 1 aliphatic carbocycles. The van der Waals surface area contributed by atoms with Gasteiger partial charge in [-0.15, -0.1) is 0 Å². The third kappa shape index (κ3) is 3.96. The molecule has 1 aliphatic heterocycles. The smallest absolute Gasteiger partial charge is 0.334 e. The van der Waals surface area contributed by atoms with E-state index in [0.29, 0.717) is 18.4 Å². The van der Waals surface area contributed by atoms with Gasteiger partial charge in [-0.25, -0.2) is 4.79 Å². The first-order chi connectivity index (χ1) is 11.2. The first-order valence-corrected chi connectivity index (χ1v) is 8.34. The van der Waals surface area contributed by atoms with Crippen LogP contribution in [0.3, 0.4) is 0 Å². The Kier molecular flexibility index (Phi) is 5.65. The van der Waals surface area contributed by atoms with E-state index in [9.17, 15) is 14.7 Å². The summed E-state index contributed by atoms with van der Waals surface area (Å²) in [5.41, 5.74) is 2.04. The lowest BCUT2D eigenvalue weighted by molar-refractivity contribution is -0.152. The Balaban J connectivity index is 2.43. The van der Waals surface area contributed by atoms with E-state index in [1.54, 1.807) is 19.9 Å². The number of ether oxygens (including phenoxy) is 2. The van der Waals surface area contributed by atoms with Gasteiger partial charge in [0.05, 0.1) is 17.9 Å². The van der Waals surface area contributed by atoms with Crippen molar-refractivity contribution in [2.75, 3.05) is 0 Å². The third-order valence-electron chi connectivity index (χ3n) is 4.55. The normalized spacial score (nSPS) is 31.1. The minimum absolute atomic E-state index is 0.266. The van der Waals surface area contributed by atoms with Gasteiger partial charge in [0.1, 0.15) is 12.2 Å². The maximum Gasteiger partial charge on any atom is 0.334 e. The van der Waals surface area contributed by atoms with Gasteiger partial charge in [-0.3, -0.25) is 4.79 Å². The molecule has 0 aromatic rings. The molecule has 0 bridgehead atoms. The zero-order valence-corrected chi connectivity index (χ0v) is 14.7. The van der Waals surface area contributed by atoms with Crippen molar-refractivity contribution >= 4 is 11.9 Å². The Morgan fingerprint density at radius 1 is 1.38 bits per heavy atom. The molecule has 0 spiro atoms. The van der Waals surface area contributed by atoms with E-state index in [1.807, 2.05) is 19.9 Å². The summed E-state index contributed by atoms with van der Waals surface area (Å²) in [5.74, 6) is -1.56. The molecule has 0 aromatic carbocycles. The van der Waals surface area contributed by atoms with Gasteiger partial charge in [0.2, 0.25) is 0 Å². The second kappa shape index (κ2) is 7.34. The molecule has 0 amide bonds. The summed E-state index contributed by atoms with van der Waals surface area (Å²) in [6.45, 7) is 11.1. The van der Waals surface area contributed by atoms with Crippen LogP contribution in [0.15, 0.2) is 35.5 Å². The number of aliphatic hydroxyl groups excluding tert-OH is 1. The average molecular weight is 334 g/mol. The van der Waals surface area contributed by atoms with Gasteiger partial charge >= 0.3 is 11.9 Å². The lowest BCUT2D eigenvalue weighted by atomic mass is 9.86. The van der Waals surface area contributed by atoms with Gasteiger partial charge < -0.3 is 14.6 Å². The van der Waals surface area contributed by atoms with Gasteiger partial charge in [-0.05, 0) is 44.4 Å². The van der Waals surface area contributed by atoms with Crippen LogP contribution in [0.5, 0.6) is 0 Å². The highest BCUT2D eigenvalue weighted by atomic mass is 16.6. The number of rotatable bonds is 2. The van der Waals surface area contributed by atoms with Crippen LogP contribution in [-0.4, -0.2) is 35.4 Å². The Morgan fingerprint density at radius 3 is 2.67 bits per heavy atom. The van der Waals surface area contributed by atoms with Crippen molar-refractivity contribution < 1.29 is 24.2 Å². The van der Waals surface area contributed by atoms with Crippen molar-refractivity contribution in [2.45, 2.75) is 58.8 Å². The molecule has 4 atom stereocenters. The number of carbonyl (C=O) groups excluding carboxylic acids is 2. The summed E-state index contributed by atoms with van der Waals surface area (Å²) in [6, 6.07) is 0. The van der Waals surface area contributed by atoms with E-state index in [2.05, 4.69) is 6.58 Å². The minimum atomic E-state index is -0.608. The number of carbonyl (C=O) groups is 2. The first kappa shape index (κ1) is 18.5. The maximum absolute atomic E-state index is 12.1. The molecule has 1 heterocycles. The molecule has 5 nitrogen and oxygen atoms in total. The minimum Gasteiger partial charge on any atom is -0.457 e. The number of esters is 2. The van der Waals surface area contributed by atoms with Gasteiger partial charge in [0, 0.05) is 5.57 Å². The molecule has 0 aromatic heterocycles. The first-order valence-electron chi connectivity index (χ1n) is 8.34. The molecule has 132 valence electrons. The summed E-state index contributed by atoms with van der Waals surface area (Å²) in [4.78, 5) is 24.1. The Bertz CT molecular complexity index is 599. The molecule has 5 heteroatoms. The fourth-order valence-corrected chi connectivity index (χ4v) is 2.94. The number of aliphatic hydroxyl groups is 1. The molecule has 0 radical (unpaired) electrons. The lowest BCUT2D eigenvalue weighted by Crippen LogP contribution is -2.33. The molecule has 1 fully saturated rings. The summed E-state index contributed by atoms with van der Waals surface area (Å²) in [5, 5.41) is 10.2. The van der Waals surface area contributed by atoms with Crippen molar-refractivity contribution in [3.63, 3.8) is 0 Å². The summed E-state index contributed by atoms with van der Waals surface area (Å²) in [7, 11) is 0. The van der Waals surface area contributed by atoms with Crippen LogP contribution in [0, 0.1) is 11.8 Å². The molecule has 2 aliphatic rings. The largest absolute Gasteiger partial charge is 0.457 e. The fraction of sp³-hybridized carbons (Fsp3) is 0.579. The van der Waals surface area contributed by atoms with E-state index in [0.717, 1.165) is 11.1 Å². The Hall–Kier alpha value is -1.88. The summed E-state index contributed by atoms with van der Waals surface area (Å²) >= 11 is 0. The number of allylic oxidation sites excluding steroid dienone is 1. The third-order valence-corrected chi connectivity index (χ3v) is 4.55. The standard InChI is InChI=1S/C19H26O5/c1-10(2)18(21)23-15-8-11(3)6-7-14(20)12(4)9-16-17(15)13(5)19(22)24-16/h8-10,14-17,20H,5-7H2,1-4H3. The fourth-order valence-electron chi connectivity index (χ4n) is 2.94. The second-order valence-electron chi connectivity index (χ2n) is 6.96. The van der Waals surface area contributed by atoms with Crippen LogP contribution in [0.4, 0.5) is 0 Å². The Morgan fingerprint density at radius 2 is 2.04 bits per heavy atom. The van der Waals surface area contributed by atoms with Crippen molar-refractivity contribution in [3.05, 3.63) is 35.5 Å². The second-order valence-corrected chi connectivity index (χ2v) is 6.96. The zero-order valence-electron chi connectivity index (χ0n) is 14.7. The number of hydrogen-bond acceptors (Lipinski definition) is 5. The van der Waals surface area contributed by atoms with Crippen LogP contribution in [-0.2, 0) is 19.1 Å². The highest BCUT2D eigenvalue weighted by molar-refractivity contribution is 5.91. The van der Waals surface area contributed by atoms with Crippen LogP contribution in [0.2, 0.25) is 0 Å². The van der Waals surface area contributed by atoms with Crippen LogP contribution < -0.4 is 0 Å². The van der Waals surface area contributed by atoms with Gasteiger partial charge in [0.25, 0.3) is 0 Å². The molecule has 2 rings (SSSR count). The van der Waals surface area contributed by atoms with E-state index in [4.69, 9.17) is 9.47 Å². The van der Waals surface area contributed by atoms with E-state index < -0.39 is 30.2 Å². The predicted molar refractivity (Wildman–Crippen MR) is 90.0 cm³/mol. The average Bonchev–Trinajstić information content (AvgIpc) is 2.77. The maximum atomic E-state index is 12.1. The molecule has 1 N–H and O–H groups in total. The van der Waals surface area contributed by atoms with Crippen molar-refractivity contribution in [2.24, 2.45) is 11.8 Å². The quantitative estimate of drug-likeness (QED) is 0.477. The van der Waals surface area contributed by atoms with Crippen molar-refractivity contribution in [1.29, 1.82) is 0 Å². The predicted octanol–water partition coefficient (Wildman–Crippen LogP) is 2.70. The topological polar surface area (TPSA) is 72.8 Å². The van der Waals surface area contributed by atoms with Crippen LogP contribution in [0.25, 0.3) is 0 Å². The highest BCUT2D eigenvalue weighted by Crippen LogP contribution is 2.35. The van der Waals surface area contributed by atoms with Gasteiger partial charge in [-0.2, -0.15) is 0 Å². The SMILES string of the molecule is C=C1C(=O)OC2C=C(C)C(O)CCC(C)=CC(OC(=O)C(C)C)C12. The van der Waals surface area contributed by atoms with Gasteiger partial charge in [0.15, 0.2) is 0 Å².